The smallest absolute Gasteiger partial charge is 0.262 e. The van der Waals surface area contributed by atoms with Crippen LogP contribution in [-0.4, -0.2) is 46.6 Å². The summed E-state index contributed by atoms with van der Waals surface area (Å²) in [5.41, 5.74) is 0.121. The van der Waals surface area contributed by atoms with Crippen LogP contribution in [0, 0.1) is 11.6 Å². The van der Waals surface area contributed by atoms with E-state index in [2.05, 4.69) is 14.7 Å². The van der Waals surface area contributed by atoms with Crippen molar-refractivity contribution in [1.29, 1.82) is 0 Å². The molecule has 0 aliphatic heterocycles. The van der Waals surface area contributed by atoms with E-state index in [4.69, 9.17) is 0 Å². The lowest BCUT2D eigenvalue weighted by Gasteiger charge is -2.19. The number of sulfonamides is 1. The molecule has 2 aromatic rings. The van der Waals surface area contributed by atoms with Crippen LogP contribution in [0.2, 0.25) is 0 Å². The molecule has 0 amide bonds. The minimum atomic E-state index is -4.12. The molecule has 2 rings (SSSR count). The Morgan fingerprint density at radius 1 is 1.04 bits per heavy atom. The van der Waals surface area contributed by atoms with Crippen LogP contribution in [0.5, 0.6) is 0 Å². The van der Waals surface area contributed by atoms with Gasteiger partial charge in [0.25, 0.3) is 10.0 Å². The van der Waals surface area contributed by atoms with Gasteiger partial charge in [0.05, 0.1) is 11.1 Å². The first-order valence-electron chi connectivity index (χ1n) is 6.81. The van der Waals surface area contributed by atoms with Crippen LogP contribution in [-0.2, 0) is 10.0 Å². The van der Waals surface area contributed by atoms with Crippen LogP contribution in [0.3, 0.4) is 0 Å². The van der Waals surface area contributed by atoms with Crippen LogP contribution in [0.15, 0.2) is 29.3 Å². The fourth-order valence-corrected chi connectivity index (χ4v) is 2.90. The van der Waals surface area contributed by atoms with E-state index >= 15 is 0 Å². The van der Waals surface area contributed by atoms with E-state index in [1.807, 2.05) is 0 Å². The number of aromatic nitrogens is 2. The van der Waals surface area contributed by atoms with Crippen molar-refractivity contribution in [3.8, 4) is 0 Å². The number of halogens is 2. The first-order valence-corrected chi connectivity index (χ1v) is 8.29. The maximum Gasteiger partial charge on any atom is 0.262 e. The zero-order valence-electron chi connectivity index (χ0n) is 13.6. The van der Waals surface area contributed by atoms with Gasteiger partial charge >= 0.3 is 0 Å². The molecular weight excluding hydrogens is 340 g/mol. The summed E-state index contributed by atoms with van der Waals surface area (Å²) in [7, 11) is 2.76. The fraction of sp³-hybridized carbons (Fsp3) is 0.286. The number of nitrogens with one attached hydrogen (secondary N) is 1. The molecule has 1 N–H and O–H groups in total. The molecule has 10 heteroatoms. The van der Waals surface area contributed by atoms with Crippen molar-refractivity contribution in [1.82, 2.24) is 9.97 Å². The number of nitrogens with zero attached hydrogens (tertiary/aromatic N) is 4. The first kappa shape index (κ1) is 17.9. The molecule has 0 radical (unpaired) electrons. The van der Waals surface area contributed by atoms with Gasteiger partial charge in [-0.25, -0.2) is 22.2 Å². The maximum atomic E-state index is 13.3. The Labute approximate surface area is 139 Å². The van der Waals surface area contributed by atoms with Crippen molar-refractivity contribution >= 4 is 27.5 Å². The second-order valence-electron chi connectivity index (χ2n) is 5.38. The summed E-state index contributed by atoms with van der Waals surface area (Å²) in [6.07, 6.45) is 1.31. The van der Waals surface area contributed by atoms with E-state index < -0.39 is 26.6 Å². The quantitative estimate of drug-likeness (QED) is 0.877. The Morgan fingerprint density at radius 3 is 2.25 bits per heavy atom. The highest BCUT2D eigenvalue weighted by Crippen LogP contribution is 2.26. The van der Waals surface area contributed by atoms with Gasteiger partial charge in [0.1, 0.15) is 5.69 Å². The predicted octanol–water partition coefficient (Wildman–Crippen LogP) is 1.69. The first-order chi connectivity index (χ1) is 11.1. The molecule has 0 aliphatic rings. The summed E-state index contributed by atoms with van der Waals surface area (Å²) in [5.74, 6) is -1.64. The standard InChI is InChI=1S/C14H17F2N5O2S/c1-20(2)13-12(8-17-14(18-13)21(3)4)19-24(22,23)9-5-6-10(15)11(16)7-9/h5-8,19H,1-4H3. The SMILES string of the molecule is CN(C)c1ncc(NS(=O)(=O)c2ccc(F)c(F)c2)c(N(C)C)n1. The second-order valence-corrected chi connectivity index (χ2v) is 7.06. The summed E-state index contributed by atoms with van der Waals surface area (Å²) in [5, 5.41) is 0. The molecule has 130 valence electrons. The normalized spacial score (nSPS) is 11.2. The highest BCUT2D eigenvalue weighted by atomic mass is 32.2. The van der Waals surface area contributed by atoms with Gasteiger partial charge < -0.3 is 9.80 Å². The van der Waals surface area contributed by atoms with E-state index in [1.54, 1.807) is 38.0 Å². The minimum absolute atomic E-state index is 0.121. The van der Waals surface area contributed by atoms with E-state index in [9.17, 15) is 17.2 Å². The molecule has 0 bridgehead atoms. The van der Waals surface area contributed by atoms with Gasteiger partial charge in [0.15, 0.2) is 17.5 Å². The highest BCUT2D eigenvalue weighted by Gasteiger charge is 2.20. The third-order valence-electron chi connectivity index (χ3n) is 3.03. The Balaban J connectivity index is 2.43. The summed E-state index contributed by atoms with van der Waals surface area (Å²) < 4.78 is 53.3. The van der Waals surface area contributed by atoms with Gasteiger partial charge in [-0.05, 0) is 18.2 Å². The van der Waals surface area contributed by atoms with Crippen molar-refractivity contribution in [3.05, 3.63) is 36.0 Å². The van der Waals surface area contributed by atoms with Crippen molar-refractivity contribution in [2.24, 2.45) is 0 Å². The predicted molar refractivity (Wildman–Crippen MR) is 87.9 cm³/mol. The number of benzene rings is 1. The van der Waals surface area contributed by atoms with Gasteiger partial charge in [-0.1, -0.05) is 0 Å². The molecular formula is C14H17F2N5O2S. The van der Waals surface area contributed by atoms with Crippen LogP contribution < -0.4 is 14.5 Å². The summed E-state index contributed by atoms with van der Waals surface area (Å²) in [4.78, 5) is 11.2. The van der Waals surface area contributed by atoms with E-state index in [0.717, 1.165) is 12.1 Å². The fourth-order valence-electron chi connectivity index (χ4n) is 1.84. The largest absolute Gasteiger partial charge is 0.361 e. The summed E-state index contributed by atoms with van der Waals surface area (Å²) >= 11 is 0. The van der Waals surface area contributed by atoms with Crippen molar-refractivity contribution in [3.63, 3.8) is 0 Å². The molecule has 1 aromatic carbocycles. The van der Waals surface area contributed by atoms with Crippen molar-refractivity contribution < 1.29 is 17.2 Å². The van der Waals surface area contributed by atoms with Gasteiger partial charge in [0.2, 0.25) is 5.95 Å². The Kier molecular flexibility index (Phi) is 4.88. The van der Waals surface area contributed by atoms with Crippen LogP contribution in [0.1, 0.15) is 0 Å². The second kappa shape index (κ2) is 6.56. The maximum absolute atomic E-state index is 13.3. The number of hydrogen-bond acceptors (Lipinski definition) is 6. The summed E-state index contributed by atoms with van der Waals surface area (Å²) in [6.45, 7) is 0. The summed E-state index contributed by atoms with van der Waals surface area (Å²) in [6, 6.07) is 2.34. The Bertz CT molecular complexity index is 856. The molecule has 0 unspecified atom stereocenters. The molecule has 1 aromatic heterocycles. The molecule has 0 spiro atoms. The van der Waals surface area contributed by atoms with Crippen molar-refractivity contribution in [2.75, 3.05) is 42.7 Å². The number of hydrogen-bond donors (Lipinski definition) is 1. The average Bonchev–Trinajstić information content (AvgIpc) is 2.49. The van der Waals surface area contributed by atoms with E-state index in [-0.39, 0.29) is 5.69 Å². The zero-order valence-corrected chi connectivity index (χ0v) is 14.4. The molecule has 0 atom stereocenters. The third kappa shape index (κ3) is 3.70. The molecule has 7 nitrogen and oxygen atoms in total. The van der Waals surface area contributed by atoms with Crippen LogP contribution in [0.4, 0.5) is 26.2 Å². The van der Waals surface area contributed by atoms with Crippen LogP contribution in [0.25, 0.3) is 0 Å². The van der Waals surface area contributed by atoms with Crippen molar-refractivity contribution in [2.45, 2.75) is 4.90 Å². The van der Waals surface area contributed by atoms with Crippen LogP contribution >= 0.6 is 0 Å². The van der Waals surface area contributed by atoms with E-state index in [1.165, 1.54) is 6.20 Å². The monoisotopic (exact) mass is 357 g/mol. The lowest BCUT2D eigenvalue weighted by Crippen LogP contribution is -2.21. The van der Waals surface area contributed by atoms with E-state index in [0.29, 0.717) is 17.8 Å². The number of anilines is 3. The third-order valence-corrected chi connectivity index (χ3v) is 4.39. The molecule has 0 aliphatic carbocycles. The highest BCUT2D eigenvalue weighted by molar-refractivity contribution is 7.92. The lowest BCUT2D eigenvalue weighted by molar-refractivity contribution is 0.504. The van der Waals surface area contributed by atoms with Gasteiger partial charge in [-0.2, -0.15) is 4.98 Å². The van der Waals surface area contributed by atoms with Gasteiger partial charge in [0, 0.05) is 28.2 Å². The molecule has 0 saturated carbocycles. The minimum Gasteiger partial charge on any atom is -0.361 e. The topological polar surface area (TPSA) is 78.4 Å². The average molecular weight is 357 g/mol. The molecule has 1 heterocycles. The molecule has 0 saturated heterocycles. The van der Waals surface area contributed by atoms with Gasteiger partial charge in [-0.15, -0.1) is 0 Å². The molecule has 24 heavy (non-hydrogen) atoms. The zero-order chi connectivity index (χ0) is 18.1. The van der Waals surface area contributed by atoms with Gasteiger partial charge in [-0.3, -0.25) is 4.72 Å². The number of rotatable bonds is 5. The Morgan fingerprint density at radius 2 is 1.71 bits per heavy atom. The Hall–Kier alpha value is -2.49. The lowest BCUT2D eigenvalue weighted by atomic mass is 10.3. The molecule has 0 fully saturated rings.